The molecule has 29 heavy (non-hydrogen) atoms. The fraction of sp³-hybridized carbons (Fsp3) is 0.348. The van der Waals surface area contributed by atoms with Gasteiger partial charge in [-0.2, -0.15) is 0 Å². The zero-order valence-corrected chi connectivity index (χ0v) is 16.3. The lowest BCUT2D eigenvalue weighted by atomic mass is 9.88. The fourth-order valence-electron chi connectivity index (χ4n) is 3.68. The highest BCUT2D eigenvalue weighted by Gasteiger charge is 2.22. The third kappa shape index (κ3) is 5.67. The van der Waals surface area contributed by atoms with Crippen LogP contribution in [0.5, 0.6) is 0 Å². The average molecular weight is 394 g/mol. The Bertz CT molecular complexity index is 860. The van der Waals surface area contributed by atoms with Crippen molar-refractivity contribution in [2.24, 2.45) is 5.92 Å². The Labute approximate surface area is 170 Å². The minimum atomic E-state index is -0.995. The molecule has 3 rings (SSSR count). The van der Waals surface area contributed by atoms with Crippen LogP contribution < -0.4 is 10.6 Å². The molecule has 0 aliphatic heterocycles. The van der Waals surface area contributed by atoms with E-state index in [9.17, 15) is 19.5 Å². The number of amides is 2. The van der Waals surface area contributed by atoms with Gasteiger partial charge in [-0.15, -0.1) is 0 Å². The third-order valence-corrected chi connectivity index (χ3v) is 5.34. The van der Waals surface area contributed by atoms with Gasteiger partial charge in [-0.05, 0) is 36.6 Å². The molecule has 6 heteroatoms. The van der Waals surface area contributed by atoms with Crippen molar-refractivity contribution in [3.63, 3.8) is 0 Å². The minimum Gasteiger partial charge on any atom is -0.481 e. The molecule has 1 saturated carbocycles. The summed E-state index contributed by atoms with van der Waals surface area (Å²) in [7, 11) is 0. The van der Waals surface area contributed by atoms with Gasteiger partial charge in [0.15, 0.2) is 0 Å². The lowest BCUT2D eigenvalue weighted by molar-refractivity contribution is -0.138. The number of carboxylic acids is 1. The van der Waals surface area contributed by atoms with Gasteiger partial charge in [-0.25, -0.2) is 0 Å². The van der Waals surface area contributed by atoms with Crippen molar-refractivity contribution >= 4 is 23.5 Å². The molecule has 3 N–H and O–H groups in total. The second-order valence-corrected chi connectivity index (χ2v) is 7.42. The van der Waals surface area contributed by atoms with Crippen LogP contribution in [0.3, 0.4) is 0 Å². The Morgan fingerprint density at radius 3 is 2.38 bits per heavy atom. The van der Waals surface area contributed by atoms with E-state index in [2.05, 4.69) is 10.6 Å². The fourth-order valence-corrected chi connectivity index (χ4v) is 3.68. The van der Waals surface area contributed by atoms with Crippen molar-refractivity contribution in [3.05, 3.63) is 65.7 Å². The molecule has 1 unspecified atom stereocenters. The number of carbonyl (C=O) groups excluding carboxylic acids is 2. The molecular formula is C23H26N2O4. The normalized spacial score (nSPS) is 15.3. The predicted molar refractivity (Wildman–Crippen MR) is 111 cm³/mol. The van der Waals surface area contributed by atoms with Crippen LogP contribution in [0, 0.1) is 5.92 Å². The van der Waals surface area contributed by atoms with Gasteiger partial charge in [0, 0.05) is 23.7 Å². The highest BCUT2D eigenvalue weighted by Crippen LogP contribution is 2.25. The molecule has 0 bridgehead atoms. The summed E-state index contributed by atoms with van der Waals surface area (Å²) in [6.45, 7) is -0.0170. The summed E-state index contributed by atoms with van der Waals surface area (Å²) in [5.74, 6) is -2.17. The number of carbonyl (C=O) groups is 3. The van der Waals surface area contributed by atoms with E-state index >= 15 is 0 Å². The van der Waals surface area contributed by atoms with Crippen molar-refractivity contribution in [3.8, 4) is 0 Å². The first-order chi connectivity index (χ1) is 14.0. The zero-order chi connectivity index (χ0) is 20.6. The van der Waals surface area contributed by atoms with Crippen LogP contribution in [0.1, 0.15) is 53.9 Å². The molecule has 2 aromatic carbocycles. The molecule has 1 atom stereocenters. The van der Waals surface area contributed by atoms with Gasteiger partial charge in [0.05, 0.1) is 5.92 Å². The van der Waals surface area contributed by atoms with Crippen LogP contribution in [0.15, 0.2) is 54.6 Å². The van der Waals surface area contributed by atoms with Crippen LogP contribution in [0.25, 0.3) is 0 Å². The van der Waals surface area contributed by atoms with Crippen molar-refractivity contribution < 1.29 is 19.5 Å². The topological polar surface area (TPSA) is 95.5 Å². The van der Waals surface area contributed by atoms with E-state index in [1.54, 1.807) is 48.5 Å². The van der Waals surface area contributed by atoms with Crippen molar-refractivity contribution in [1.82, 2.24) is 5.32 Å². The molecule has 1 aliphatic rings. The largest absolute Gasteiger partial charge is 0.481 e. The number of hydrogen-bond acceptors (Lipinski definition) is 3. The molecule has 6 nitrogen and oxygen atoms in total. The number of rotatable bonds is 7. The Balaban J connectivity index is 1.61. The Kier molecular flexibility index (Phi) is 7.00. The number of anilines is 1. The summed E-state index contributed by atoms with van der Waals surface area (Å²) in [5, 5.41) is 15.1. The maximum atomic E-state index is 12.5. The van der Waals surface area contributed by atoms with Crippen molar-refractivity contribution in [2.75, 3.05) is 11.9 Å². The third-order valence-electron chi connectivity index (χ3n) is 5.34. The molecule has 1 fully saturated rings. The quantitative estimate of drug-likeness (QED) is 0.665. The Morgan fingerprint density at radius 1 is 0.966 bits per heavy atom. The SMILES string of the molecule is O=C(NCC(C(=O)O)c1ccccc1)c1cccc(NC(=O)C2CCCCC2)c1. The molecule has 152 valence electrons. The summed E-state index contributed by atoms with van der Waals surface area (Å²) in [5.41, 5.74) is 1.59. The monoisotopic (exact) mass is 394 g/mol. The second-order valence-electron chi connectivity index (χ2n) is 7.42. The first-order valence-electron chi connectivity index (χ1n) is 10.0. The number of nitrogens with one attached hydrogen (secondary N) is 2. The second kappa shape index (κ2) is 9.87. The molecule has 0 heterocycles. The highest BCUT2D eigenvalue weighted by atomic mass is 16.4. The number of carboxylic acid groups (broad SMARTS) is 1. The van der Waals surface area contributed by atoms with Gasteiger partial charge >= 0.3 is 5.97 Å². The van der Waals surface area contributed by atoms with E-state index in [1.807, 2.05) is 6.07 Å². The molecule has 0 spiro atoms. The van der Waals surface area contributed by atoms with Gasteiger partial charge in [0.25, 0.3) is 5.91 Å². The summed E-state index contributed by atoms with van der Waals surface area (Å²) in [6, 6.07) is 15.5. The summed E-state index contributed by atoms with van der Waals surface area (Å²) in [4.78, 5) is 36.5. The smallest absolute Gasteiger partial charge is 0.312 e. The van der Waals surface area contributed by atoms with Gasteiger partial charge in [0.1, 0.15) is 0 Å². The van der Waals surface area contributed by atoms with Crippen molar-refractivity contribution in [2.45, 2.75) is 38.0 Å². The highest BCUT2D eigenvalue weighted by molar-refractivity contribution is 5.98. The van der Waals surface area contributed by atoms with Crippen LogP contribution in [-0.4, -0.2) is 29.4 Å². The van der Waals surface area contributed by atoms with Crippen LogP contribution in [0.4, 0.5) is 5.69 Å². The summed E-state index contributed by atoms with van der Waals surface area (Å²) >= 11 is 0. The van der Waals surface area contributed by atoms with Crippen LogP contribution in [-0.2, 0) is 9.59 Å². The van der Waals surface area contributed by atoms with Gasteiger partial charge < -0.3 is 15.7 Å². The van der Waals surface area contributed by atoms with E-state index in [4.69, 9.17) is 0 Å². The van der Waals surface area contributed by atoms with Crippen molar-refractivity contribution in [1.29, 1.82) is 0 Å². The average Bonchev–Trinajstić information content (AvgIpc) is 2.75. The molecule has 1 aliphatic carbocycles. The van der Waals surface area contributed by atoms with E-state index in [0.29, 0.717) is 16.8 Å². The molecular weight excluding hydrogens is 368 g/mol. The maximum absolute atomic E-state index is 12.5. The lowest BCUT2D eigenvalue weighted by Crippen LogP contribution is -2.31. The minimum absolute atomic E-state index is 0.00252. The number of aliphatic carboxylic acids is 1. The van der Waals surface area contributed by atoms with Gasteiger partial charge in [0.2, 0.25) is 5.91 Å². The van der Waals surface area contributed by atoms with Gasteiger partial charge in [-0.3, -0.25) is 14.4 Å². The summed E-state index contributed by atoms with van der Waals surface area (Å²) in [6.07, 6.45) is 5.14. The van der Waals surface area contributed by atoms with Crippen LogP contribution >= 0.6 is 0 Å². The molecule has 0 radical (unpaired) electrons. The van der Waals surface area contributed by atoms with E-state index < -0.39 is 11.9 Å². The first-order valence-corrected chi connectivity index (χ1v) is 10.0. The molecule has 0 saturated heterocycles. The van der Waals surface area contributed by atoms with E-state index in [0.717, 1.165) is 25.7 Å². The van der Waals surface area contributed by atoms with E-state index in [-0.39, 0.29) is 24.3 Å². The summed E-state index contributed by atoms with van der Waals surface area (Å²) < 4.78 is 0. The Morgan fingerprint density at radius 2 is 1.69 bits per heavy atom. The lowest BCUT2D eigenvalue weighted by Gasteiger charge is -2.20. The maximum Gasteiger partial charge on any atom is 0.312 e. The van der Waals surface area contributed by atoms with Gasteiger partial charge in [-0.1, -0.05) is 55.7 Å². The zero-order valence-electron chi connectivity index (χ0n) is 16.3. The first kappa shape index (κ1) is 20.6. The predicted octanol–water partition coefficient (Wildman–Crippen LogP) is 3.80. The standard InChI is InChI=1S/C23H26N2O4/c26-21(24-15-20(23(28)29)16-8-3-1-4-9-16)18-12-7-13-19(14-18)25-22(27)17-10-5-2-6-11-17/h1,3-4,7-9,12-14,17,20H,2,5-6,10-11,15H2,(H,24,26)(H,25,27)(H,28,29). The molecule has 0 aromatic heterocycles. The van der Waals surface area contributed by atoms with Crippen LogP contribution in [0.2, 0.25) is 0 Å². The number of hydrogen-bond donors (Lipinski definition) is 3. The number of benzene rings is 2. The molecule has 2 amide bonds. The molecule has 2 aromatic rings. The van der Waals surface area contributed by atoms with E-state index in [1.165, 1.54) is 6.42 Å². The Hall–Kier alpha value is -3.15.